The molecule has 1 unspecified atom stereocenters. The minimum atomic E-state index is -0.283. The highest BCUT2D eigenvalue weighted by molar-refractivity contribution is 5.85. The molecule has 0 aliphatic rings. The van der Waals surface area contributed by atoms with Crippen LogP contribution in [0.15, 0.2) is 34.9 Å². The molecule has 150 valence electrons. The number of amides is 1. The maximum Gasteiger partial charge on any atom is 0.226 e. The maximum absolute atomic E-state index is 13.3. The number of nitrogens with zero attached hydrogens (tertiary/aromatic N) is 2. The summed E-state index contributed by atoms with van der Waals surface area (Å²) >= 11 is 0. The van der Waals surface area contributed by atoms with E-state index in [0.29, 0.717) is 12.2 Å². The normalized spacial score (nSPS) is 11.7. The molecule has 1 aromatic carbocycles. The first-order valence-corrected chi connectivity index (χ1v) is 9.12. The predicted octanol–water partition coefficient (Wildman–Crippen LogP) is 3.93. The molecular weight excluding hydrogens is 369 g/mol. The topological polar surface area (TPSA) is 58.4 Å². The van der Waals surface area contributed by atoms with Crippen molar-refractivity contribution in [3.63, 3.8) is 0 Å². The second-order valence-electron chi connectivity index (χ2n) is 6.72. The Morgan fingerprint density at radius 3 is 2.78 bits per heavy atom. The molecule has 2 aromatic rings. The largest absolute Gasteiger partial charge is 0.361 e. The number of hydrogen-bond acceptors (Lipinski definition) is 4. The standard InChI is InChI=1S/C20H28FN3O2.ClH/c1-15(14-22-2)20(25)24(3)11-6-4-5-10-18-13-19(23-26-18)16-8-7-9-17(21)12-16;/h7-9,12-13,15,22H,4-6,10-11,14H2,1-3H3;1H. The van der Waals surface area contributed by atoms with Crippen LogP contribution >= 0.6 is 12.4 Å². The van der Waals surface area contributed by atoms with Crippen molar-refractivity contribution in [2.24, 2.45) is 5.92 Å². The van der Waals surface area contributed by atoms with Gasteiger partial charge in [-0.05, 0) is 32.0 Å². The molecule has 27 heavy (non-hydrogen) atoms. The van der Waals surface area contributed by atoms with Gasteiger partial charge < -0.3 is 14.7 Å². The number of hydrogen-bond donors (Lipinski definition) is 1. The number of benzene rings is 1. The van der Waals surface area contributed by atoms with Gasteiger partial charge in [0, 0.05) is 44.1 Å². The molecule has 1 amide bonds. The molecule has 0 bridgehead atoms. The Balaban J connectivity index is 0.00000364. The van der Waals surface area contributed by atoms with Crippen molar-refractivity contribution in [3.8, 4) is 11.3 Å². The van der Waals surface area contributed by atoms with E-state index in [1.807, 2.05) is 33.2 Å². The summed E-state index contributed by atoms with van der Waals surface area (Å²) in [5, 5.41) is 7.04. The van der Waals surface area contributed by atoms with Gasteiger partial charge in [-0.25, -0.2) is 4.39 Å². The van der Waals surface area contributed by atoms with Crippen molar-refractivity contribution in [2.45, 2.75) is 32.6 Å². The molecule has 0 spiro atoms. The van der Waals surface area contributed by atoms with Gasteiger partial charge in [-0.2, -0.15) is 0 Å². The minimum absolute atomic E-state index is 0. The Kier molecular flexibility index (Phi) is 10.0. The van der Waals surface area contributed by atoms with Gasteiger partial charge in [0.05, 0.1) is 0 Å². The number of nitrogens with one attached hydrogen (secondary N) is 1. The van der Waals surface area contributed by atoms with Crippen molar-refractivity contribution in [3.05, 3.63) is 41.9 Å². The van der Waals surface area contributed by atoms with Gasteiger partial charge in [0.2, 0.25) is 5.91 Å². The monoisotopic (exact) mass is 397 g/mol. The van der Waals surface area contributed by atoms with Crippen LogP contribution in [0.5, 0.6) is 0 Å². The van der Waals surface area contributed by atoms with E-state index in [0.717, 1.165) is 43.6 Å². The number of unbranched alkanes of at least 4 members (excludes halogenated alkanes) is 2. The second kappa shape index (κ2) is 11.7. The zero-order valence-electron chi connectivity index (χ0n) is 16.2. The Hall–Kier alpha value is -1.92. The van der Waals surface area contributed by atoms with E-state index < -0.39 is 0 Å². The SMILES string of the molecule is CNCC(C)C(=O)N(C)CCCCCc1cc(-c2cccc(F)c2)no1.Cl. The number of carbonyl (C=O) groups is 1. The summed E-state index contributed by atoms with van der Waals surface area (Å²) in [6.07, 6.45) is 3.72. The van der Waals surface area contributed by atoms with Gasteiger partial charge in [-0.15, -0.1) is 12.4 Å². The lowest BCUT2D eigenvalue weighted by molar-refractivity contribution is -0.133. The van der Waals surface area contributed by atoms with Gasteiger partial charge in [0.15, 0.2) is 0 Å². The van der Waals surface area contributed by atoms with Crippen LogP contribution in [-0.4, -0.2) is 43.1 Å². The van der Waals surface area contributed by atoms with Crippen LogP contribution in [-0.2, 0) is 11.2 Å². The fourth-order valence-electron chi connectivity index (χ4n) is 2.92. The highest BCUT2D eigenvalue weighted by Gasteiger charge is 2.16. The highest BCUT2D eigenvalue weighted by atomic mass is 35.5. The van der Waals surface area contributed by atoms with Crippen molar-refractivity contribution < 1.29 is 13.7 Å². The Labute approximate surface area is 166 Å². The molecule has 0 radical (unpaired) electrons. The van der Waals surface area contributed by atoms with E-state index in [-0.39, 0.29) is 30.0 Å². The summed E-state index contributed by atoms with van der Waals surface area (Å²) in [5.74, 6) is 0.695. The van der Waals surface area contributed by atoms with Crippen LogP contribution < -0.4 is 5.32 Å². The van der Waals surface area contributed by atoms with E-state index >= 15 is 0 Å². The van der Waals surface area contributed by atoms with E-state index in [9.17, 15) is 9.18 Å². The van der Waals surface area contributed by atoms with E-state index in [4.69, 9.17) is 4.52 Å². The van der Waals surface area contributed by atoms with Gasteiger partial charge in [-0.3, -0.25) is 4.79 Å². The zero-order chi connectivity index (χ0) is 18.9. The average Bonchev–Trinajstić information content (AvgIpc) is 3.09. The number of aryl methyl sites for hydroxylation is 1. The molecule has 0 saturated carbocycles. The first-order valence-electron chi connectivity index (χ1n) is 9.12. The molecule has 0 saturated heterocycles. The summed E-state index contributed by atoms with van der Waals surface area (Å²) in [5.41, 5.74) is 1.37. The first kappa shape index (κ1) is 23.1. The Morgan fingerprint density at radius 1 is 1.30 bits per heavy atom. The zero-order valence-corrected chi connectivity index (χ0v) is 17.0. The summed E-state index contributed by atoms with van der Waals surface area (Å²) < 4.78 is 18.6. The molecule has 1 atom stereocenters. The molecule has 5 nitrogen and oxygen atoms in total. The molecule has 0 aliphatic heterocycles. The van der Waals surface area contributed by atoms with Crippen LogP contribution in [0.2, 0.25) is 0 Å². The van der Waals surface area contributed by atoms with Crippen LogP contribution in [0, 0.1) is 11.7 Å². The molecule has 1 aromatic heterocycles. The van der Waals surface area contributed by atoms with Crippen molar-refractivity contribution in [2.75, 3.05) is 27.2 Å². The van der Waals surface area contributed by atoms with E-state index in [1.54, 1.807) is 11.0 Å². The third-order valence-corrected chi connectivity index (χ3v) is 4.40. The Morgan fingerprint density at radius 2 is 2.07 bits per heavy atom. The third kappa shape index (κ3) is 7.31. The molecule has 1 heterocycles. The molecule has 0 aliphatic carbocycles. The lowest BCUT2D eigenvalue weighted by atomic mass is 10.1. The third-order valence-electron chi connectivity index (χ3n) is 4.40. The van der Waals surface area contributed by atoms with Crippen molar-refractivity contribution in [1.29, 1.82) is 0 Å². The molecule has 7 heteroatoms. The molecule has 2 rings (SSSR count). The second-order valence-corrected chi connectivity index (χ2v) is 6.72. The summed E-state index contributed by atoms with van der Waals surface area (Å²) in [6, 6.07) is 8.19. The van der Waals surface area contributed by atoms with Crippen molar-refractivity contribution in [1.82, 2.24) is 15.4 Å². The van der Waals surface area contributed by atoms with E-state index in [2.05, 4.69) is 10.5 Å². The summed E-state index contributed by atoms with van der Waals surface area (Å²) in [6.45, 7) is 3.40. The van der Waals surface area contributed by atoms with Crippen molar-refractivity contribution >= 4 is 18.3 Å². The quantitative estimate of drug-likeness (QED) is 0.617. The summed E-state index contributed by atoms with van der Waals surface area (Å²) in [7, 11) is 3.71. The fraction of sp³-hybridized carbons (Fsp3) is 0.500. The molecule has 0 fully saturated rings. The van der Waals surface area contributed by atoms with Gasteiger partial charge in [0.25, 0.3) is 0 Å². The lowest BCUT2D eigenvalue weighted by Crippen LogP contribution is -2.36. The summed E-state index contributed by atoms with van der Waals surface area (Å²) in [4.78, 5) is 13.9. The number of halogens is 2. The van der Waals surface area contributed by atoms with Crippen LogP contribution in [0.1, 0.15) is 31.9 Å². The minimum Gasteiger partial charge on any atom is -0.361 e. The van der Waals surface area contributed by atoms with Crippen LogP contribution in [0.4, 0.5) is 4.39 Å². The molecular formula is C20H29ClFN3O2. The fourth-order valence-corrected chi connectivity index (χ4v) is 2.92. The first-order chi connectivity index (χ1) is 12.5. The number of aromatic nitrogens is 1. The highest BCUT2D eigenvalue weighted by Crippen LogP contribution is 2.21. The molecule has 1 N–H and O–H groups in total. The number of rotatable bonds is 10. The maximum atomic E-state index is 13.3. The number of carbonyl (C=O) groups excluding carboxylic acids is 1. The van der Waals surface area contributed by atoms with Crippen LogP contribution in [0.3, 0.4) is 0 Å². The predicted molar refractivity (Wildman–Crippen MR) is 107 cm³/mol. The average molecular weight is 398 g/mol. The van der Waals surface area contributed by atoms with Gasteiger partial charge in [-0.1, -0.05) is 30.6 Å². The smallest absolute Gasteiger partial charge is 0.226 e. The lowest BCUT2D eigenvalue weighted by Gasteiger charge is -2.21. The Bertz CT molecular complexity index is 708. The van der Waals surface area contributed by atoms with Crippen LogP contribution in [0.25, 0.3) is 11.3 Å². The van der Waals surface area contributed by atoms with Gasteiger partial charge >= 0.3 is 0 Å². The van der Waals surface area contributed by atoms with Gasteiger partial charge in [0.1, 0.15) is 17.3 Å². The van der Waals surface area contributed by atoms with E-state index in [1.165, 1.54) is 12.1 Å².